The number of rotatable bonds is 3. The molecule has 0 N–H and O–H groups in total. The van der Waals surface area contributed by atoms with Gasteiger partial charge >= 0.3 is 0 Å². The van der Waals surface area contributed by atoms with Crippen molar-refractivity contribution in [3.63, 3.8) is 0 Å². The predicted molar refractivity (Wildman–Crippen MR) is 46.8 cm³/mol. The molecule has 0 unspecified atom stereocenters. The molecule has 1 rings (SSSR count). The zero-order valence-electron chi connectivity index (χ0n) is 7.10. The van der Waals surface area contributed by atoms with Crippen molar-refractivity contribution in [3.05, 3.63) is 0 Å². The van der Waals surface area contributed by atoms with Crippen LogP contribution in [0.5, 0.6) is 0 Å². The second kappa shape index (κ2) is 4.14. The third-order valence-corrected chi connectivity index (χ3v) is 3.00. The highest BCUT2D eigenvalue weighted by atomic mass is 28.3. The summed E-state index contributed by atoms with van der Waals surface area (Å²) in [5.74, 6) is 0.912. The lowest BCUT2D eigenvalue weighted by atomic mass is 10.1. The summed E-state index contributed by atoms with van der Waals surface area (Å²) in [7, 11) is -0.727. The van der Waals surface area contributed by atoms with E-state index in [0.717, 1.165) is 12.5 Å². The van der Waals surface area contributed by atoms with Crippen molar-refractivity contribution in [2.24, 2.45) is 5.92 Å². The molecule has 0 aromatic heterocycles. The van der Waals surface area contributed by atoms with Crippen LogP contribution in [-0.2, 0) is 4.43 Å². The molecule has 1 aliphatic carbocycles. The molecular weight excluding hydrogens is 140 g/mol. The normalized spacial score (nSPS) is 20.7. The fraction of sp³-hybridized carbons (Fsp3) is 1.00. The first-order chi connectivity index (χ1) is 4.79. The van der Waals surface area contributed by atoms with Crippen LogP contribution in [0.2, 0.25) is 13.1 Å². The Kier molecular flexibility index (Phi) is 3.42. The van der Waals surface area contributed by atoms with Crippen LogP contribution < -0.4 is 0 Å². The Bertz CT molecular complexity index is 87.3. The van der Waals surface area contributed by atoms with Crippen LogP contribution in [-0.4, -0.2) is 15.6 Å². The minimum atomic E-state index is -0.727. The Hall–Kier alpha value is 0.177. The number of hydrogen-bond acceptors (Lipinski definition) is 1. The van der Waals surface area contributed by atoms with Gasteiger partial charge in [-0.25, -0.2) is 0 Å². The minimum Gasteiger partial charge on any atom is -0.420 e. The third-order valence-electron chi connectivity index (χ3n) is 2.14. The zero-order chi connectivity index (χ0) is 7.40. The maximum atomic E-state index is 5.66. The van der Waals surface area contributed by atoms with Crippen molar-refractivity contribution >= 4 is 9.04 Å². The molecule has 0 aliphatic heterocycles. The van der Waals surface area contributed by atoms with Gasteiger partial charge < -0.3 is 4.43 Å². The minimum absolute atomic E-state index is 0.727. The molecule has 0 radical (unpaired) electrons. The van der Waals surface area contributed by atoms with E-state index in [1.165, 1.54) is 25.7 Å². The summed E-state index contributed by atoms with van der Waals surface area (Å²) >= 11 is 0. The van der Waals surface area contributed by atoms with E-state index < -0.39 is 9.04 Å². The predicted octanol–water partition coefficient (Wildman–Crippen LogP) is 2.18. The average Bonchev–Trinajstić information content (AvgIpc) is 2.34. The molecular formula is C8H18OSi. The van der Waals surface area contributed by atoms with Crippen LogP contribution in [0.4, 0.5) is 0 Å². The van der Waals surface area contributed by atoms with E-state index in [9.17, 15) is 0 Å². The first-order valence-corrected chi connectivity index (χ1v) is 7.18. The summed E-state index contributed by atoms with van der Waals surface area (Å²) in [6.07, 6.45) is 5.71. The molecule has 0 saturated heterocycles. The van der Waals surface area contributed by atoms with E-state index in [2.05, 4.69) is 13.1 Å². The molecule has 0 aromatic rings. The molecule has 0 amide bonds. The van der Waals surface area contributed by atoms with E-state index in [1.54, 1.807) is 0 Å². The molecule has 10 heavy (non-hydrogen) atoms. The molecule has 0 bridgehead atoms. The van der Waals surface area contributed by atoms with E-state index in [0.29, 0.717) is 0 Å². The van der Waals surface area contributed by atoms with Crippen molar-refractivity contribution < 1.29 is 4.43 Å². The third kappa shape index (κ3) is 2.84. The molecule has 0 aromatic carbocycles. The first kappa shape index (κ1) is 8.28. The van der Waals surface area contributed by atoms with Gasteiger partial charge in [-0.15, -0.1) is 0 Å². The van der Waals surface area contributed by atoms with E-state index in [1.807, 2.05) is 0 Å². The fourth-order valence-corrected chi connectivity index (χ4v) is 2.16. The van der Waals surface area contributed by atoms with Crippen LogP contribution in [0.1, 0.15) is 25.7 Å². The fourth-order valence-electron chi connectivity index (χ4n) is 1.51. The molecule has 0 spiro atoms. The van der Waals surface area contributed by atoms with Crippen LogP contribution in [0, 0.1) is 5.92 Å². The summed E-state index contributed by atoms with van der Waals surface area (Å²) in [5.41, 5.74) is 0. The summed E-state index contributed by atoms with van der Waals surface area (Å²) in [5, 5.41) is 0. The molecule has 2 heteroatoms. The summed E-state index contributed by atoms with van der Waals surface area (Å²) < 4.78 is 5.66. The topological polar surface area (TPSA) is 9.23 Å². The molecule has 1 saturated carbocycles. The highest BCUT2D eigenvalue weighted by Crippen LogP contribution is 2.24. The van der Waals surface area contributed by atoms with Gasteiger partial charge in [-0.2, -0.15) is 0 Å². The SMILES string of the molecule is C[SiH](C)OCC1CCCC1. The van der Waals surface area contributed by atoms with Crippen molar-refractivity contribution in [2.75, 3.05) is 6.61 Å². The van der Waals surface area contributed by atoms with Gasteiger partial charge in [-0.05, 0) is 31.9 Å². The Labute approximate surface area is 65.5 Å². The standard InChI is InChI=1S/C8H18OSi/c1-10(2)9-7-8-5-3-4-6-8/h8,10H,3-7H2,1-2H3. The maximum Gasteiger partial charge on any atom is 0.170 e. The lowest BCUT2D eigenvalue weighted by molar-refractivity contribution is 0.256. The number of hydrogen-bond donors (Lipinski definition) is 0. The lowest BCUT2D eigenvalue weighted by Crippen LogP contribution is -2.13. The zero-order valence-corrected chi connectivity index (χ0v) is 8.25. The van der Waals surface area contributed by atoms with Crippen molar-refractivity contribution in [3.8, 4) is 0 Å². The summed E-state index contributed by atoms with van der Waals surface area (Å²) in [6, 6.07) is 0. The van der Waals surface area contributed by atoms with Gasteiger partial charge in [0.1, 0.15) is 0 Å². The average molecular weight is 158 g/mol. The Morgan fingerprint density at radius 3 is 2.40 bits per heavy atom. The molecule has 0 heterocycles. The highest BCUT2D eigenvalue weighted by Gasteiger charge is 2.14. The maximum absolute atomic E-state index is 5.66. The molecule has 0 atom stereocenters. The Morgan fingerprint density at radius 1 is 1.30 bits per heavy atom. The van der Waals surface area contributed by atoms with Crippen molar-refractivity contribution in [1.82, 2.24) is 0 Å². The van der Waals surface area contributed by atoms with Gasteiger partial charge in [0.25, 0.3) is 0 Å². The van der Waals surface area contributed by atoms with Crippen LogP contribution in [0.25, 0.3) is 0 Å². The van der Waals surface area contributed by atoms with Crippen molar-refractivity contribution in [2.45, 2.75) is 38.8 Å². The monoisotopic (exact) mass is 158 g/mol. The smallest absolute Gasteiger partial charge is 0.170 e. The summed E-state index contributed by atoms with van der Waals surface area (Å²) in [4.78, 5) is 0. The quantitative estimate of drug-likeness (QED) is 0.572. The van der Waals surface area contributed by atoms with Gasteiger partial charge in [0, 0.05) is 6.61 Å². The molecule has 1 fully saturated rings. The Morgan fingerprint density at radius 2 is 1.90 bits per heavy atom. The second-order valence-electron chi connectivity index (χ2n) is 3.53. The largest absolute Gasteiger partial charge is 0.420 e. The van der Waals surface area contributed by atoms with E-state index >= 15 is 0 Å². The van der Waals surface area contributed by atoms with E-state index in [-0.39, 0.29) is 0 Å². The lowest BCUT2D eigenvalue weighted by Gasteiger charge is -2.11. The molecule has 1 aliphatic rings. The second-order valence-corrected chi connectivity index (χ2v) is 5.96. The van der Waals surface area contributed by atoms with Crippen molar-refractivity contribution in [1.29, 1.82) is 0 Å². The van der Waals surface area contributed by atoms with Crippen LogP contribution in [0.15, 0.2) is 0 Å². The highest BCUT2D eigenvalue weighted by molar-refractivity contribution is 6.48. The van der Waals surface area contributed by atoms with Gasteiger partial charge in [-0.1, -0.05) is 12.8 Å². The first-order valence-electron chi connectivity index (χ1n) is 4.40. The Balaban J connectivity index is 2.01. The molecule has 1 nitrogen and oxygen atoms in total. The van der Waals surface area contributed by atoms with Crippen LogP contribution in [0.3, 0.4) is 0 Å². The van der Waals surface area contributed by atoms with Gasteiger partial charge in [0.05, 0.1) is 0 Å². The molecule has 60 valence electrons. The summed E-state index contributed by atoms with van der Waals surface area (Å²) in [6.45, 7) is 5.55. The van der Waals surface area contributed by atoms with E-state index in [4.69, 9.17) is 4.43 Å². The van der Waals surface area contributed by atoms with Gasteiger partial charge in [-0.3, -0.25) is 0 Å². The van der Waals surface area contributed by atoms with Crippen LogP contribution >= 0.6 is 0 Å². The van der Waals surface area contributed by atoms with Gasteiger partial charge in [0.2, 0.25) is 0 Å². The van der Waals surface area contributed by atoms with Gasteiger partial charge in [0.15, 0.2) is 9.04 Å².